The average Bonchev–Trinajstić information content (AvgIpc) is 2.55. The normalized spacial score (nSPS) is 20.2. The van der Waals surface area contributed by atoms with Crippen LogP contribution in [-0.4, -0.2) is 57.7 Å². The molecular formula is C15H21NO6. The fraction of sp³-hybridized carbons (Fsp3) is 0.467. The molecule has 0 aromatic heterocycles. The van der Waals surface area contributed by atoms with Crippen LogP contribution in [0.15, 0.2) is 30.3 Å². The largest absolute Gasteiger partial charge is 0.479 e. The summed E-state index contributed by atoms with van der Waals surface area (Å²) in [4.78, 5) is 19.5. The second-order valence-corrected chi connectivity index (χ2v) is 5.02. The predicted molar refractivity (Wildman–Crippen MR) is 78.6 cm³/mol. The maximum absolute atomic E-state index is 9.77. The van der Waals surface area contributed by atoms with Crippen LogP contribution in [0.3, 0.4) is 0 Å². The molecule has 0 spiro atoms. The van der Waals surface area contributed by atoms with Crippen molar-refractivity contribution in [1.82, 2.24) is 5.32 Å². The first-order valence-corrected chi connectivity index (χ1v) is 7.01. The van der Waals surface area contributed by atoms with Crippen molar-refractivity contribution in [3.63, 3.8) is 0 Å². The van der Waals surface area contributed by atoms with Crippen LogP contribution >= 0.6 is 0 Å². The van der Waals surface area contributed by atoms with Crippen molar-refractivity contribution in [2.24, 2.45) is 0 Å². The van der Waals surface area contributed by atoms with Gasteiger partial charge in [-0.15, -0.1) is 0 Å². The summed E-state index contributed by atoms with van der Waals surface area (Å²) < 4.78 is 0. The molecule has 3 atom stereocenters. The summed E-state index contributed by atoms with van der Waals surface area (Å²) in [6, 6.07) is 10.8. The minimum absolute atomic E-state index is 0.750. The van der Waals surface area contributed by atoms with E-state index < -0.39 is 24.1 Å². The summed E-state index contributed by atoms with van der Waals surface area (Å²) in [6.45, 7) is 2.35. The standard InChI is InChI=1S/C11H15N.C4H6O6/c1-2-5-10(6-3-1)11-7-4-8-12-9-11;5-1(3(7)8)2(6)4(9)10/h1-3,5-6,11-12H,4,7-9H2;1-2,5-6H,(H,7,8)(H,9,10). The molecule has 0 radical (unpaired) electrons. The monoisotopic (exact) mass is 311 g/mol. The van der Waals surface area contributed by atoms with Gasteiger partial charge in [-0.05, 0) is 30.9 Å². The van der Waals surface area contributed by atoms with Crippen LogP contribution < -0.4 is 5.32 Å². The summed E-state index contributed by atoms with van der Waals surface area (Å²) in [5, 5.41) is 36.0. The molecule has 1 aliphatic rings. The molecule has 1 fully saturated rings. The van der Waals surface area contributed by atoms with Gasteiger partial charge in [0, 0.05) is 6.54 Å². The van der Waals surface area contributed by atoms with Gasteiger partial charge in [0.05, 0.1) is 0 Å². The van der Waals surface area contributed by atoms with Crippen LogP contribution in [0, 0.1) is 0 Å². The first kappa shape index (κ1) is 18.1. The molecule has 3 unspecified atom stereocenters. The topological polar surface area (TPSA) is 127 Å². The number of carbonyl (C=O) groups is 2. The number of hydrogen-bond donors (Lipinski definition) is 5. The van der Waals surface area contributed by atoms with E-state index in [1.807, 2.05) is 0 Å². The summed E-state index contributed by atoms with van der Waals surface area (Å²) >= 11 is 0. The van der Waals surface area contributed by atoms with Gasteiger partial charge in [-0.1, -0.05) is 30.3 Å². The maximum atomic E-state index is 9.77. The third-order valence-corrected chi connectivity index (χ3v) is 3.37. The van der Waals surface area contributed by atoms with E-state index >= 15 is 0 Å². The van der Waals surface area contributed by atoms with Gasteiger partial charge in [-0.2, -0.15) is 0 Å². The highest BCUT2D eigenvalue weighted by Gasteiger charge is 2.29. The van der Waals surface area contributed by atoms with Gasteiger partial charge in [0.1, 0.15) is 0 Å². The van der Waals surface area contributed by atoms with Crippen LogP contribution in [0.4, 0.5) is 0 Å². The zero-order chi connectivity index (χ0) is 16.5. The van der Waals surface area contributed by atoms with Gasteiger partial charge < -0.3 is 25.7 Å². The van der Waals surface area contributed by atoms with E-state index in [-0.39, 0.29) is 0 Å². The minimum atomic E-state index is -2.27. The van der Waals surface area contributed by atoms with Crippen molar-refractivity contribution in [2.45, 2.75) is 31.0 Å². The van der Waals surface area contributed by atoms with Crippen molar-refractivity contribution < 1.29 is 30.0 Å². The van der Waals surface area contributed by atoms with Crippen LogP contribution in [0.2, 0.25) is 0 Å². The Labute approximate surface area is 128 Å². The molecule has 0 aliphatic carbocycles. The van der Waals surface area contributed by atoms with Crippen molar-refractivity contribution in [3.05, 3.63) is 35.9 Å². The van der Waals surface area contributed by atoms with Crippen LogP contribution in [0.25, 0.3) is 0 Å². The van der Waals surface area contributed by atoms with Gasteiger partial charge >= 0.3 is 11.9 Å². The molecule has 7 heteroatoms. The zero-order valence-corrected chi connectivity index (χ0v) is 12.1. The Bertz CT molecular complexity index is 454. The number of rotatable bonds is 4. The van der Waals surface area contributed by atoms with E-state index in [0.29, 0.717) is 0 Å². The highest BCUT2D eigenvalue weighted by molar-refractivity contribution is 5.83. The van der Waals surface area contributed by atoms with E-state index in [9.17, 15) is 9.59 Å². The fourth-order valence-corrected chi connectivity index (χ4v) is 2.13. The lowest BCUT2D eigenvalue weighted by molar-refractivity contribution is -0.165. The third kappa shape index (κ3) is 5.80. The Kier molecular flexibility index (Phi) is 7.51. The molecule has 0 amide bonds. The van der Waals surface area contributed by atoms with E-state index in [1.54, 1.807) is 0 Å². The van der Waals surface area contributed by atoms with Crippen molar-refractivity contribution in [2.75, 3.05) is 13.1 Å². The Morgan fingerprint density at radius 1 is 1.05 bits per heavy atom. The molecule has 0 saturated carbocycles. The maximum Gasteiger partial charge on any atom is 0.335 e. The Morgan fingerprint density at radius 2 is 1.59 bits per heavy atom. The molecular weight excluding hydrogens is 290 g/mol. The fourth-order valence-electron chi connectivity index (χ4n) is 2.13. The molecule has 1 saturated heterocycles. The first-order valence-electron chi connectivity index (χ1n) is 7.01. The number of aliphatic hydroxyl groups is 2. The lowest BCUT2D eigenvalue weighted by Crippen LogP contribution is -2.39. The second-order valence-electron chi connectivity index (χ2n) is 5.02. The van der Waals surface area contributed by atoms with Crippen LogP contribution in [0.5, 0.6) is 0 Å². The molecule has 22 heavy (non-hydrogen) atoms. The van der Waals surface area contributed by atoms with Crippen LogP contribution in [-0.2, 0) is 9.59 Å². The van der Waals surface area contributed by atoms with Crippen molar-refractivity contribution >= 4 is 11.9 Å². The summed E-state index contributed by atoms with van der Waals surface area (Å²) in [5.41, 5.74) is 1.49. The lowest BCUT2D eigenvalue weighted by Gasteiger charge is -2.22. The number of piperidine rings is 1. The summed E-state index contributed by atoms with van der Waals surface area (Å²) in [7, 11) is 0. The SMILES string of the molecule is O=C(O)C(O)C(O)C(=O)O.c1ccc(C2CCCNC2)cc1. The molecule has 7 nitrogen and oxygen atoms in total. The van der Waals surface area contributed by atoms with E-state index in [0.717, 1.165) is 12.5 Å². The highest BCUT2D eigenvalue weighted by Crippen LogP contribution is 2.22. The van der Waals surface area contributed by atoms with E-state index in [4.69, 9.17) is 20.4 Å². The predicted octanol–water partition coefficient (Wildman–Crippen LogP) is 0.0310. The number of carboxylic acid groups (broad SMARTS) is 2. The Morgan fingerprint density at radius 3 is 2.00 bits per heavy atom. The zero-order valence-electron chi connectivity index (χ0n) is 12.1. The van der Waals surface area contributed by atoms with Gasteiger partial charge in [0.15, 0.2) is 12.2 Å². The highest BCUT2D eigenvalue weighted by atomic mass is 16.4. The molecule has 1 aliphatic heterocycles. The number of nitrogens with one attached hydrogen (secondary N) is 1. The lowest BCUT2D eigenvalue weighted by atomic mass is 9.92. The smallest absolute Gasteiger partial charge is 0.335 e. The van der Waals surface area contributed by atoms with Gasteiger partial charge in [-0.3, -0.25) is 0 Å². The summed E-state index contributed by atoms with van der Waals surface area (Å²) in [5.74, 6) is -2.79. The average molecular weight is 311 g/mol. The number of aliphatic hydroxyl groups excluding tert-OH is 2. The van der Waals surface area contributed by atoms with Crippen molar-refractivity contribution in [1.29, 1.82) is 0 Å². The molecule has 0 bridgehead atoms. The third-order valence-electron chi connectivity index (χ3n) is 3.37. The van der Waals surface area contributed by atoms with Crippen molar-refractivity contribution in [3.8, 4) is 0 Å². The van der Waals surface area contributed by atoms with Gasteiger partial charge in [-0.25, -0.2) is 9.59 Å². The van der Waals surface area contributed by atoms with Gasteiger partial charge in [0.25, 0.3) is 0 Å². The Balaban J connectivity index is 0.000000225. The van der Waals surface area contributed by atoms with Crippen LogP contribution in [0.1, 0.15) is 24.3 Å². The van der Waals surface area contributed by atoms with Gasteiger partial charge in [0.2, 0.25) is 0 Å². The number of benzene rings is 1. The minimum Gasteiger partial charge on any atom is -0.479 e. The molecule has 122 valence electrons. The first-order chi connectivity index (χ1) is 10.4. The number of aliphatic carboxylic acids is 2. The quantitative estimate of drug-likeness (QED) is 0.531. The molecule has 5 N–H and O–H groups in total. The molecule has 2 rings (SSSR count). The second kappa shape index (κ2) is 9.14. The van der Waals surface area contributed by atoms with E-state index in [1.165, 1.54) is 24.9 Å². The molecule has 1 heterocycles. The van der Waals surface area contributed by atoms with E-state index in [2.05, 4.69) is 35.6 Å². The Hall–Kier alpha value is -1.96. The summed E-state index contributed by atoms with van der Waals surface area (Å²) in [6.07, 6.45) is -1.87. The molecule has 1 aromatic carbocycles. The number of carboxylic acids is 2. The molecule has 1 aromatic rings. The number of hydrogen-bond acceptors (Lipinski definition) is 5.